The summed E-state index contributed by atoms with van der Waals surface area (Å²) in [6, 6.07) is 0. The highest BCUT2D eigenvalue weighted by molar-refractivity contribution is 5.66. The normalized spacial score (nSPS) is 19.6. The number of carboxylic acid groups (broad SMARTS) is 1. The maximum absolute atomic E-state index is 10.4. The van der Waals surface area contributed by atoms with Gasteiger partial charge in [0.05, 0.1) is 13.2 Å². The summed E-state index contributed by atoms with van der Waals surface area (Å²) < 4.78 is 5.26. The predicted octanol–water partition coefficient (Wildman–Crippen LogP) is 0.0190. The van der Waals surface area contributed by atoms with Crippen LogP contribution in [0.25, 0.3) is 0 Å². The fraction of sp³-hybridized carbons (Fsp3) is 0.909. The molecule has 2 N–H and O–H groups in total. The lowest BCUT2D eigenvalue weighted by atomic mass is 10.1. The first-order valence-corrected chi connectivity index (χ1v) is 5.91. The number of hydrogen-bond donors (Lipinski definition) is 2. The van der Waals surface area contributed by atoms with Crippen LogP contribution in [0.4, 0.5) is 0 Å². The molecule has 0 aromatic rings. The number of ether oxygens (including phenoxy) is 1. The molecule has 94 valence electrons. The number of carboxylic acids is 1. The maximum atomic E-state index is 10.4. The number of nitrogens with one attached hydrogen (secondary N) is 1. The van der Waals surface area contributed by atoms with E-state index >= 15 is 0 Å². The second kappa shape index (κ2) is 7.60. The zero-order valence-corrected chi connectivity index (χ0v) is 9.95. The zero-order chi connectivity index (χ0) is 11.8. The van der Waals surface area contributed by atoms with Gasteiger partial charge in [-0.05, 0) is 12.5 Å². The van der Waals surface area contributed by atoms with Gasteiger partial charge in [0.2, 0.25) is 0 Å². The van der Waals surface area contributed by atoms with Gasteiger partial charge in [-0.25, -0.2) is 0 Å². The van der Waals surface area contributed by atoms with E-state index in [-0.39, 0.29) is 12.3 Å². The van der Waals surface area contributed by atoms with Gasteiger partial charge in [0.15, 0.2) is 0 Å². The summed E-state index contributed by atoms with van der Waals surface area (Å²) in [5, 5.41) is 11.9. The third kappa shape index (κ3) is 6.05. The van der Waals surface area contributed by atoms with Gasteiger partial charge in [0, 0.05) is 32.6 Å². The van der Waals surface area contributed by atoms with Crippen molar-refractivity contribution >= 4 is 5.97 Å². The number of hydrogen-bond acceptors (Lipinski definition) is 4. The van der Waals surface area contributed by atoms with E-state index in [1.54, 1.807) is 0 Å². The molecule has 0 spiro atoms. The molecule has 1 aliphatic heterocycles. The number of carbonyl (C=O) groups is 1. The largest absolute Gasteiger partial charge is 0.481 e. The highest BCUT2D eigenvalue weighted by atomic mass is 16.5. The first-order chi connectivity index (χ1) is 7.68. The van der Waals surface area contributed by atoms with Crippen LogP contribution in [-0.4, -0.2) is 61.9 Å². The minimum absolute atomic E-state index is 0.196. The second-order valence-electron chi connectivity index (χ2n) is 4.36. The van der Waals surface area contributed by atoms with Crippen molar-refractivity contribution in [2.24, 2.45) is 5.92 Å². The molecule has 16 heavy (non-hydrogen) atoms. The Morgan fingerprint density at radius 1 is 1.50 bits per heavy atom. The van der Waals surface area contributed by atoms with Gasteiger partial charge < -0.3 is 15.2 Å². The Balaban J connectivity index is 1.96. The minimum Gasteiger partial charge on any atom is -0.481 e. The number of nitrogens with zero attached hydrogens (tertiary/aromatic N) is 1. The first-order valence-electron chi connectivity index (χ1n) is 5.91. The van der Waals surface area contributed by atoms with Crippen LogP contribution in [0.1, 0.15) is 13.3 Å². The van der Waals surface area contributed by atoms with E-state index < -0.39 is 5.97 Å². The van der Waals surface area contributed by atoms with Crippen LogP contribution in [0, 0.1) is 5.92 Å². The van der Waals surface area contributed by atoms with Crippen LogP contribution in [-0.2, 0) is 9.53 Å². The van der Waals surface area contributed by atoms with Crippen LogP contribution >= 0.6 is 0 Å². The predicted molar refractivity (Wildman–Crippen MR) is 61.5 cm³/mol. The third-order valence-corrected chi connectivity index (χ3v) is 2.72. The Bertz CT molecular complexity index is 205. The monoisotopic (exact) mass is 230 g/mol. The Hall–Kier alpha value is -0.650. The number of aliphatic carboxylic acids is 1. The topological polar surface area (TPSA) is 61.8 Å². The summed E-state index contributed by atoms with van der Waals surface area (Å²) in [7, 11) is 0. The van der Waals surface area contributed by atoms with Gasteiger partial charge in [0.1, 0.15) is 0 Å². The van der Waals surface area contributed by atoms with Crippen LogP contribution in [0.5, 0.6) is 0 Å². The average molecular weight is 230 g/mol. The molecule has 1 fully saturated rings. The van der Waals surface area contributed by atoms with E-state index in [2.05, 4.69) is 10.2 Å². The molecule has 1 rings (SSSR count). The van der Waals surface area contributed by atoms with E-state index in [4.69, 9.17) is 9.84 Å². The first kappa shape index (κ1) is 13.4. The van der Waals surface area contributed by atoms with Crippen molar-refractivity contribution in [3.05, 3.63) is 0 Å². The molecule has 5 heteroatoms. The Morgan fingerprint density at radius 2 is 2.19 bits per heavy atom. The fourth-order valence-corrected chi connectivity index (χ4v) is 1.78. The molecule has 0 saturated carbocycles. The van der Waals surface area contributed by atoms with Crippen molar-refractivity contribution in [2.45, 2.75) is 13.3 Å². The molecule has 1 saturated heterocycles. The molecular formula is C11H22N2O3. The Labute approximate surface area is 96.8 Å². The SMILES string of the molecule is CC(CNCCN1CCOCC1)CC(=O)O. The molecule has 1 atom stereocenters. The fourth-order valence-electron chi connectivity index (χ4n) is 1.78. The molecule has 5 nitrogen and oxygen atoms in total. The van der Waals surface area contributed by atoms with Gasteiger partial charge >= 0.3 is 5.97 Å². The molecule has 0 aromatic carbocycles. The van der Waals surface area contributed by atoms with Crippen LogP contribution in [0.15, 0.2) is 0 Å². The Kier molecular flexibility index (Phi) is 6.37. The summed E-state index contributed by atoms with van der Waals surface area (Å²) in [5.74, 6) is -0.523. The lowest BCUT2D eigenvalue weighted by molar-refractivity contribution is -0.137. The lowest BCUT2D eigenvalue weighted by Gasteiger charge is -2.26. The van der Waals surface area contributed by atoms with Crippen molar-refractivity contribution < 1.29 is 14.6 Å². The quantitative estimate of drug-likeness (QED) is 0.604. The molecule has 1 heterocycles. The summed E-state index contributed by atoms with van der Waals surface area (Å²) in [5.41, 5.74) is 0. The molecule has 1 aliphatic rings. The van der Waals surface area contributed by atoms with Gasteiger partial charge in [-0.15, -0.1) is 0 Å². The van der Waals surface area contributed by atoms with Crippen molar-refractivity contribution in [1.29, 1.82) is 0 Å². The summed E-state index contributed by atoms with van der Waals surface area (Å²) in [6.45, 7) is 8.34. The van der Waals surface area contributed by atoms with E-state index in [1.165, 1.54) is 0 Å². The number of morpholine rings is 1. The van der Waals surface area contributed by atoms with Gasteiger partial charge in [-0.1, -0.05) is 6.92 Å². The molecule has 0 bridgehead atoms. The van der Waals surface area contributed by atoms with Crippen LogP contribution < -0.4 is 5.32 Å². The van der Waals surface area contributed by atoms with E-state index in [0.717, 1.165) is 45.9 Å². The number of rotatable bonds is 7. The molecule has 0 aromatic heterocycles. The maximum Gasteiger partial charge on any atom is 0.303 e. The van der Waals surface area contributed by atoms with Crippen molar-refractivity contribution in [2.75, 3.05) is 45.9 Å². The van der Waals surface area contributed by atoms with Crippen molar-refractivity contribution in [3.63, 3.8) is 0 Å². The van der Waals surface area contributed by atoms with E-state index in [0.29, 0.717) is 0 Å². The van der Waals surface area contributed by atoms with Crippen LogP contribution in [0.3, 0.4) is 0 Å². The summed E-state index contributed by atoms with van der Waals surface area (Å²) in [6.07, 6.45) is 0.241. The second-order valence-corrected chi connectivity index (χ2v) is 4.36. The van der Waals surface area contributed by atoms with Gasteiger partial charge in [0.25, 0.3) is 0 Å². The highest BCUT2D eigenvalue weighted by Gasteiger charge is 2.10. The van der Waals surface area contributed by atoms with Crippen molar-refractivity contribution in [3.8, 4) is 0 Å². The zero-order valence-electron chi connectivity index (χ0n) is 9.95. The smallest absolute Gasteiger partial charge is 0.303 e. The van der Waals surface area contributed by atoms with Gasteiger partial charge in [-0.2, -0.15) is 0 Å². The molecule has 0 amide bonds. The molecular weight excluding hydrogens is 208 g/mol. The Morgan fingerprint density at radius 3 is 2.81 bits per heavy atom. The van der Waals surface area contributed by atoms with Crippen molar-refractivity contribution in [1.82, 2.24) is 10.2 Å². The van der Waals surface area contributed by atoms with E-state index in [1.807, 2.05) is 6.92 Å². The summed E-state index contributed by atoms with van der Waals surface area (Å²) >= 11 is 0. The third-order valence-electron chi connectivity index (χ3n) is 2.72. The molecule has 1 unspecified atom stereocenters. The van der Waals surface area contributed by atoms with Crippen LogP contribution in [0.2, 0.25) is 0 Å². The highest BCUT2D eigenvalue weighted by Crippen LogP contribution is 1.99. The molecule has 0 radical (unpaired) electrons. The lowest BCUT2D eigenvalue weighted by Crippen LogP contribution is -2.40. The average Bonchev–Trinajstić information content (AvgIpc) is 2.25. The molecule has 0 aliphatic carbocycles. The van der Waals surface area contributed by atoms with Gasteiger partial charge in [-0.3, -0.25) is 9.69 Å². The minimum atomic E-state index is -0.720. The standard InChI is InChI=1S/C11H22N2O3/c1-10(8-11(14)15)9-12-2-3-13-4-6-16-7-5-13/h10,12H,2-9H2,1H3,(H,14,15). The summed E-state index contributed by atoms with van der Waals surface area (Å²) in [4.78, 5) is 12.8. The van der Waals surface area contributed by atoms with E-state index in [9.17, 15) is 4.79 Å².